The van der Waals surface area contributed by atoms with Crippen molar-refractivity contribution in [2.45, 2.75) is 25.3 Å². The van der Waals surface area contributed by atoms with E-state index in [9.17, 15) is 14.0 Å². The Balaban J connectivity index is 1.76. The van der Waals surface area contributed by atoms with Gasteiger partial charge < -0.3 is 21.3 Å². The van der Waals surface area contributed by atoms with Crippen molar-refractivity contribution in [1.82, 2.24) is 10.2 Å². The number of hydrogen-bond donors (Lipinski definition) is 3. The highest BCUT2D eigenvalue weighted by molar-refractivity contribution is 5.89. The number of nitrogens with one attached hydrogen (secondary N) is 2. The summed E-state index contributed by atoms with van der Waals surface area (Å²) in [6.07, 6.45) is 1.86. The SMILES string of the molecule is NCCCC(=O)N1CCC(NC(=O)Nc2ccc(F)cc2)C1. The maximum atomic E-state index is 12.8. The van der Waals surface area contributed by atoms with Crippen molar-refractivity contribution in [3.05, 3.63) is 30.1 Å². The summed E-state index contributed by atoms with van der Waals surface area (Å²) in [5, 5.41) is 5.46. The van der Waals surface area contributed by atoms with Crippen LogP contribution in [0.4, 0.5) is 14.9 Å². The monoisotopic (exact) mass is 308 g/mol. The Labute approximate surface area is 128 Å². The molecule has 1 fully saturated rings. The first-order valence-electron chi connectivity index (χ1n) is 7.39. The molecule has 1 aliphatic rings. The normalized spacial score (nSPS) is 17.4. The van der Waals surface area contributed by atoms with Crippen LogP contribution in [0.5, 0.6) is 0 Å². The third-order valence-corrected chi connectivity index (χ3v) is 3.57. The Bertz CT molecular complexity index is 521. The molecule has 4 N–H and O–H groups in total. The molecule has 22 heavy (non-hydrogen) atoms. The molecule has 0 spiro atoms. The average molecular weight is 308 g/mol. The van der Waals surface area contributed by atoms with Crippen LogP contribution < -0.4 is 16.4 Å². The van der Waals surface area contributed by atoms with Crippen LogP contribution in [0.25, 0.3) is 0 Å². The fourth-order valence-electron chi connectivity index (χ4n) is 2.40. The number of benzene rings is 1. The Kier molecular flexibility index (Phi) is 5.71. The minimum Gasteiger partial charge on any atom is -0.341 e. The molecule has 120 valence electrons. The minimum atomic E-state index is -0.354. The van der Waals surface area contributed by atoms with Gasteiger partial charge in [0.05, 0.1) is 0 Å². The maximum Gasteiger partial charge on any atom is 0.319 e. The number of carbonyl (C=O) groups excluding carboxylic acids is 2. The van der Waals surface area contributed by atoms with E-state index in [0.717, 1.165) is 6.42 Å². The number of nitrogens with zero attached hydrogens (tertiary/aromatic N) is 1. The second kappa shape index (κ2) is 7.74. The van der Waals surface area contributed by atoms with Crippen molar-refractivity contribution in [3.8, 4) is 0 Å². The lowest BCUT2D eigenvalue weighted by Gasteiger charge is -2.17. The minimum absolute atomic E-state index is 0.0673. The van der Waals surface area contributed by atoms with Gasteiger partial charge in [0.1, 0.15) is 5.82 Å². The van der Waals surface area contributed by atoms with E-state index in [4.69, 9.17) is 5.73 Å². The van der Waals surface area contributed by atoms with E-state index in [1.165, 1.54) is 24.3 Å². The van der Waals surface area contributed by atoms with Crippen molar-refractivity contribution in [1.29, 1.82) is 0 Å². The van der Waals surface area contributed by atoms with E-state index in [-0.39, 0.29) is 23.8 Å². The van der Waals surface area contributed by atoms with Gasteiger partial charge in [-0.05, 0) is 43.7 Å². The zero-order chi connectivity index (χ0) is 15.9. The van der Waals surface area contributed by atoms with Gasteiger partial charge in [-0.2, -0.15) is 0 Å². The quantitative estimate of drug-likeness (QED) is 0.766. The molecule has 7 heteroatoms. The van der Waals surface area contributed by atoms with Gasteiger partial charge in [0.2, 0.25) is 5.91 Å². The number of anilines is 1. The second-order valence-electron chi connectivity index (χ2n) is 5.32. The summed E-state index contributed by atoms with van der Waals surface area (Å²) >= 11 is 0. The first-order chi connectivity index (χ1) is 10.6. The number of carbonyl (C=O) groups is 2. The van der Waals surface area contributed by atoms with Crippen LogP contribution in [0.3, 0.4) is 0 Å². The summed E-state index contributed by atoms with van der Waals surface area (Å²) in [6.45, 7) is 1.66. The zero-order valence-corrected chi connectivity index (χ0v) is 12.3. The highest BCUT2D eigenvalue weighted by Crippen LogP contribution is 2.12. The van der Waals surface area contributed by atoms with Crippen LogP contribution in [0, 0.1) is 5.82 Å². The molecule has 0 saturated carbocycles. The van der Waals surface area contributed by atoms with Crippen molar-refractivity contribution in [2.75, 3.05) is 25.0 Å². The first kappa shape index (κ1) is 16.2. The molecule has 1 unspecified atom stereocenters. The van der Waals surface area contributed by atoms with Gasteiger partial charge in [0.25, 0.3) is 0 Å². The van der Waals surface area contributed by atoms with Gasteiger partial charge in [-0.15, -0.1) is 0 Å². The second-order valence-corrected chi connectivity index (χ2v) is 5.32. The molecule has 3 amide bonds. The van der Waals surface area contributed by atoms with E-state index < -0.39 is 0 Å². The first-order valence-corrected chi connectivity index (χ1v) is 7.39. The van der Waals surface area contributed by atoms with Gasteiger partial charge in [0, 0.05) is 31.2 Å². The number of amides is 3. The summed E-state index contributed by atoms with van der Waals surface area (Å²) in [7, 11) is 0. The molecule has 0 bridgehead atoms. The highest BCUT2D eigenvalue weighted by atomic mass is 19.1. The van der Waals surface area contributed by atoms with Crippen molar-refractivity contribution < 1.29 is 14.0 Å². The van der Waals surface area contributed by atoms with Crippen molar-refractivity contribution in [3.63, 3.8) is 0 Å². The summed E-state index contributed by atoms with van der Waals surface area (Å²) < 4.78 is 12.8. The molecule has 0 aromatic heterocycles. The van der Waals surface area contributed by atoms with Crippen molar-refractivity contribution in [2.24, 2.45) is 5.73 Å². The van der Waals surface area contributed by atoms with Crippen LogP contribution in [0.1, 0.15) is 19.3 Å². The number of hydrogen-bond acceptors (Lipinski definition) is 3. The van der Waals surface area contributed by atoms with Crippen LogP contribution in [-0.2, 0) is 4.79 Å². The average Bonchev–Trinajstić information content (AvgIpc) is 2.95. The van der Waals surface area contributed by atoms with E-state index >= 15 is 0 Å². The standard InChI is InChI=1S/C15H21FN4O2/c16-11-3-5-12(6-4-11)18-15(22)19-13-7-9-20(10-13)14(21)2-1-8-17/h3-6,13H,1-2,7-10,17H2,(H2,18,19,22). The van der Waals surface area contributed by atoms with Crippen LogP contribution in [-0.4, -0.2) is 42.5 Å². The lowest BCUT2D eigenvalue weighted by molar-refractivity contribution is -0.130. The fourth-order valence-corrected chi connectivity index (χ4v) is 2.40. The summed E-state index contributed by atoms with van der Waals surface area (Å²) in [6, 6.07) is 5.12. The number of nitrogens with two attached hydrogens (primary N) is 1. The Morgan fingerprint density at radius 1 is 1.32 bits per heavy atom. The smallest absolute Gasteiger partial charge is 0.319 e. The third-order valence-electron chi connectivity index (χ3n) is 3.57. The van der Waals surface area contributed by atoms with Gasteiger partial charge >= 0.3 is 6.03 Å². The van der Waals surface area contributed by atoms with Gasteiger partial charge in [-0.25, -0.2) is 9.18 Å². The van der Waals surface area contributed by atoms with Crippen LogP contribution >= 0.6 is 0 Å². The zero-order valence-electron chi connectivity index (χ0n) is 12.3. The van der Waals surface area contributed by atoms with Gasteiger partial charge in [-0.1, -0.05) is 0 Å². The molecule has 1 aromatic carbocycles. The number of likely N-dealkylation sites (tertiary alicyclic amines) is 1. The van der Waals surface area contributed by atoms with E-state index in [2.05, 4.69) is 10.6 Å². The molecule has 6 nitrogen and oxygen atoms in total. The summed E-state index contributed by atoms with van der Waals surface area (Å²) in [5.41, 5.74) is 5.91. The topological polar surface area (TPSA) is 87.5 Å². The van der Waals surface area contributed by atoms with Crippen LogP contribution in [0.2, 0.25) is 0 Å². The van der Waals surface area contributed by atoms with Gasteiger partial charge in [0.15, 0.2) is 0 Å². The molecule has 0 radical (unpaired) electrons. The molecular weight excluding hydrogens is 287 g/mol. The third kappa shape index (κ3) is 4.70. The predicted octanol–water partition coefficient (Wildman–Crippen LogP) is 1.29. The van der Waals surface area contributed by atoms with E-state index in [1.807, 2.05) is 0 Å². The summed E-state index contributed by atoms with van der Waals surface area (Å²) in [5.74, 6) is -0.276. The molecule has 1 aromatic rings. The number of rotatable bonds is 5. The largest absolute Gasteiger partial charge is 0.341 e. The molecule has 1 aliphatic heterocycles. The molecule has 1 heterocycles. The van der Waals surface area contributed by atoms with E-state index in [0.29, 0.717) is 38.2 Å². The maximum absolute atomic E-state index is 12.8. The van der Waals surface area contributed by atoms with Crippen molar-refractivity contribution >= 4 is 17.6 Å². The lowest BCUT2D eigenvalue weighted by Crippen LogP contribution is -2.40. The molecule has 1 atom stereocenters. The molecular formula is C15H21FN4O2. The Morgan fingerprint density at radius 2 is 2.05 bits per heavy atom. The Hall–Kier alpha value is -2.15. The lowest BCUT2D eigenvalue weighted by atomic mass is 10.2. The molecule has 2 rings (SSSR count). The van der Waals surface area contributed by atoms with Crippen LogP contribution in [0.15, 0.2) is 24.3 Å². The Morgan fingerprint density at radius 3 is 2.73 bits per heavy atom. The molecule has 0 aliphatic carbocycles. The number of urea groups is 1. The van der Waals surface area contributed by atoms with E-state index in [1.54, 1.807) is 4.90 Å². The molecule has 1 saturated heterocycles. The van der Waals surface area contributed by atoms with Gasteiger partial charge in [-0.3, -0.25) is 4.79 Å². The predicted molar refractivity (Wildman–Crippen MR) is 81.8 cm³/mol. The fraction of sp³-hybridized carbons (Fsp3) is 0.467. The number of halogens is 1. The summed E-state index contributed by atoms with van der Waals surface area (Å²) in [4.78, 5) is 25.5. The highest BCUT2D eigenvalue weighted by Gasteiger charge is 2.26.